The van der Waals surface area contributed by atoms with Gasteiger partial charge in [-0.2, -0.15) is 0 Å². The smallest absolute Gasteiger partial charge is 0.262 e. The van der Waals surface area contributed by atoms with Gasteiger partial charge in [-0.05, 0) is 24.6 Å². The molecule has 2 heterocycles. The maximum atomic E-state index is 13.3. The van der Waals surface area contributed by atoms with Crippen molar-refractivity contribution < 1.29 is 13.9 Å². The van der Waals surface area contributed by atoms with Gasteiger partial charge >= 0.3 is 0 Å². The normalized spacial score (nSPS) is 11.2. The Bertz CT molecular complexity index is 1040. The molecule has 2 N–H and O–H groups in total. The van der Waals surface area contributed by atoms with Gasteiger partial charge in [0.15, 0.2) is 0 Å². The van der Waals surface area contributed by atoms with Gasteiger partial charge in [0.25, 0.3) is 5.56 Å². The summed E-state index contributed by atoms with van der Waals surface area (Å²) in [6.45, 7) is 2.48. The minimum absolute atomic E-state index is 0.0437. The number of fused-ring (bicyclic) bond motifs is 1. The van der Waals surface area contributed by atoms with Crippen LogP contribution in [0.15, 0.2) is 29.1 Å². The van der Waals surface area contributed by atoms with Crippen molar-refractivity contribution in [3.05, 3.63) is 51.1 Å². The fraction of sp³-hybridized carbons (Fsp3) is 0.316. The standard InChI is InChI=1S/C19H20FN3O3S/c1-11-16(12-3-5-13(20)6-4-12)17-18(27-11)22-15(8-10-26-2)23(19(17)25)9-7-14(21)24/h3-6H,7-10H2,1-2H3,(H2,21,24). The van der Waals surface area contributed by atoms with Crippen LogP contribution in [0.3, 0.4) is 0 Å². The highest BCUT2D eigenvalue weighted by atomic mass is 32.1. The molecule has 0 saturated carbocycles. The monoisotopic (exact) mass is 389 g/mol. The van der Waals surface area contributed by atoms with Gasteiger partial charge in [-0.15, -0.1) is 11.3 Å². The zero-order chi connectivity index (χ0) is 19.6. The average molecular weight is 389 g/mol. The molecular formula is C19H20FN3O3S. The van der Waals surface area contributed by atoms with Crippen LogP contribution in [0.1, 0.15) is 17.1 Å². The number of aryl methyl sites for hydroxylation is 1. The summed E-state index contributed by atoms with van der Waals surface area (Å²) in [6, 6.07) is 6.03. The predicted octanol–water partition coefficient (Wildman–Crippen LogP) is 2.64. The summed E-state index contributed by atoms with van der Waals surface area (Å²) >= 11 is 1.42. The number of amides is 1. The summed E-state index contributed by atoms with van der Waals surface area (Å²) in [5, 5.41) is 0.481. The number of carbonyl (C=O) groups is 1. The molecule has 0 aliphatic heterocycles. The third-order valence-electron chi connectivity index (χ3n) is 4.31. The number of hydrogen-bond acceptors (Lipinski definition) is 5. The van der Waals surface area contributed by atoms with E-state index in [1.54, 1.807) is 19.2 Å². The molecule has 6 nitrogen and oxygen atoms in total. The van der Waals surface area contributed by atoms with E-state index in [1.165, 1.54) is 28.0 Å². The Kier molecular flexibility index (Phi) is 5.67. The summed E-state index contributed by atoms with van der Waals surface area (Å²) in [5.41, 5.74) is 6.54. The van der Waals surface area contributed by atoms with Crippen LogP contribution in [-0.4, -0.2) is 29.2 Å². The Morgan fingerprint density at radius 2 is 2.04 bits per heavy atom. The maximum Gasteiger partial charge on any atom is 0.262 e. The third kappa shape index (κ3) is 3.91. The number of rotatable bonds is 7. The molecule has 1 amide bonds. The highest BCUT2D eigenvalue weighted by molar-refractivity contribution is 7.19. The molecule has 2 aromatic heterocycles. The molecule has 0 unspecified atom stereocenters. The van der Waals surface area contributed by atoms with Crippen LogP contribution in [-0.2, 0) is 22.5 Å². The first-order valence-corrected chi connectivity index (χ1v) is 9.30. The SMILES string of the molecule is COCCc1nc2sc(C)c(-c3ccc(F)cc3)c2c(=O)n1CCC(N)=O. The molecule has 0 saturated heterocycles. The van der Waals surface area contributed by atoms with Crippen molar-refractivity contribution in [3.63, 3.8) is 0 Å². The second-order valence-electron chi connectivity index (χ2n) is 6.16. The summed E-state index contributed by atoms with van der Waals surface area (Å²) in [4.78, 5) is 30.7. The van der Waals surface area contributed by atoms with E-state index in [0.717, 1.165) is 16.0 Å². The molecule has 3 aromatic rings. The van der Waals surface area contributed by atoms with Gasteiger partial charge in [-0.1, -0.05) is 12.1 Å². The number of carbonyl (C=O) groups excluding carboxylic acids is 1. The molecule has 0 fully saturated rings. The Hall–Kier alpha value is -2.58. The Labute approximate surface area is 159 Å². The van der Waals surface area contributed by atoms with Crippen molar-refractivity contribution in [3.8, 4) is 11.1 Å². The number of aromatic nitrogens is 2. The largest absolute Gasteiger partial charge is 0.384 e. The van der Waals surface area contributed by atoms with E-state index in [1.807, 2.05) is 6.92 Å². The van der Waals surface area contributed by atoms with Crippen molar-refractivity contribution in [1.29, 1.82) is 0 Å². The second-order valence-corrected chi connectivity index (χ2v) is 7.37. The van der Waals surface area contributed by atoms with Crippen LogP contribution in [0, 0.1) is 12.7 Å². The minimum atomic E-state index is -0.486. The van der Waals surface area contributed by atoms with Gasteiger partial charge in [-0.25, -0.2) is 9.37 Å². The molecule has 1 aromatic carbocycles. The zero-order valence-electron chi connectivity index (χ0n) is 15.1. The number of halogens is 1. The number of nitrogens with zero attached hydrogens (tertiary/aromatic N) is 2. The lowest BCUT2D eigenvalue weighted by atomic mass is 10.0. The molecule has 0 atom stereocenters. The van der Waals surface area contributed by atoms with Crippen LogP contribution >= 0.6 is 11.3 Å². The number of primary amides is 1. The van der Waals surface area contributed by atoms with Gasteiger partial charge in [-0.3, -0.25) is 14.2 Å². The van der Waals surface area contributed by atoms with Crippen molar-refractivity contribution in [2.75, 3.05) is 13.7 Å². The number of hydrogen-bond donors (Lipinski definition) is 1. The van der Waals surface area contributed by atoms with E-state index >= 15 is 0 Å². The number of nitrogens with two attached hydrogens (primary N) is 1. The summed E-state index contributed by atoms with van der Waals surface area (Å²) in [6.07, 6.45) is 0.491. The first-order chi connectivity index (χ1) is 12.9. The topological polar surface area (TPSA) is 87.2 Å². The van der Waals surface area contributed by atoms with Crippen LogP contribution in [0.4, 0.5) is 4.39 Å². The quantitative estimate of drug-likeness (QED) is 0.673. The number of benzene rings is 1. The highest BCUT2D eigenvalue weighted by Gasteiger charge is 2.20. The van der Waals surface area contributed by atoms with Crippen molar-refractivity contribution >= 4 is 27.5 Å². The average Bonchev–Trinajstić information content (AvgIpc) is 2.96. The molecular weight excluding hydrogens is 369 g/mol. The Morgan fingerprint density at radius 1 is 1.33 bits per heavy atom. The van der Waals surface area contributed by atoms with E-state index in [-0.39, 0.29) is 24.3 Å². The summed E-state index contributed by atoms with van der Waals surface area (Å²) in [7, 11) is 1.58. The number of methoxy groups -OCH3 is 1. The molecule has 0 bridgehead atoms. The molecule has 0 radical (unpaired) electrons. The summed E-state index contributed by atoms with van der Waals surface area (Å²) < 4.78 is 19.9. The fourth-order valence-corrected chi connectivity index (χ4v) is 4.09. The predicted molar refractivity (Wildman–Crippen MR) is 103 cm³/mol. The van der Waals surface area contributed by atoms with Crippen molar-refractivity contribution in [2.24, 2.45) is 5.73 Å². The second kappa shape index (κ2) is 7.98. The van der Waals surface area contributed by atoms with Crippen LogP contribution < -0.4 is 11.3 Å². The number of ether oxygens (including phenoxy) is 1. The van der Waals surface area contributed by atoms with Crippen LogP contribution in [0.25, 0.3) is 21.3 Å². The van der Waals surface area contributed by atoms with Crippen LogP contribution in [0.2, 0.25) is 0 Å². The van der Waals surface area contributed by atoms with Gasteiger partial charge < -0.3 is 10.5 Å². The van der Waals surface area contributed by atoms with E-state index in [4.69, 9.17) is 10.5 Å². The van der Waals surface area contributed by atoms with E-state index < -0.39 is 5.91 Å². The Morgan fingerprint density at radius 3 is 2.67 bits per heavy atom. The first kappa shape index (κ1) is 19.2. The molecule has 0 aliphatic carbocycles. The van der Waals surface area contributed by atoms with E-state index in [2.05, 4.69) is 4.98 Å². The van der Waals surface area contributed by atoms with Gasteiger partial charge in [0.2, 0.25) is 5.91 Å². The third-order valence-corrected chi connectivity index (χ3v) is 5.31. The minimum Gasteiger partial charge on any atom is -0.384 e. The van der Waals surface area contributed by atoms with E-state index in [0.29, 0.717) is 29.1 Å². The number of thiophene rings is 1. The van der Waals surface area contributed by atoms with Crippen LogP contribution in [0.5, 0.6) is 0 Å². The highest BCUT2D eigenvalue weighted by Crippen LogP contribution is 2.35. The molecule has 0 aliphatic rings. The molecule has 142 valence electrons. The maximum absolute atomic E-state index is 13.3. The van der Waals surface area contributed by atoms with Crippen molar-refractivity contribution in [1.82, 2.24) is 9.55 Å². The Balaban J connectivity index is 2.23. The van der Waals surface area contributed by atoms with Crippen molar-refractivity contribution in [2.45, 2.75) is 26.3 Å². The summed E-state index contributed by atoms with van der Waals surface area (Å²) in [5.74, 6) is -0.266. The van der Waals surface area contributed by atoms with Gasteiger partial charge in [0.1, 0.15) is 16.5 Å². The molecule has 27 heavy (non-hydrogen) atoms. The molecule has 0 spiro atoms. The molecule has 3 rings (SSSR count). The zero-order valence-corrected chi connectivity index (χ0v) is 15.9. The lowest BCUT2D eigenvalue weighted by Crippen LogP contribution is -2.28. The van der Waals surface area contributed by atoms with E-state index in [9.17, 15) is 14.0 Å². The lowest BCUT2D eigenvalue weighted by molar-refractivity contribution is -0.118. The molecule has 8 heteroatoms. The van der Waals surface area contributed by atoms with Gasteiger partial charge in [0.05, 0.1) is 12.0 Å². The lowest BCUT2D eigenvalue weighted by Gasteiger charge is -2.12. The van der Waals surface area contributed by atoms with Gasteiger partial charge in [0, 0.05) is 36.9 Å². The first-order valence-electron chi connectivity index (χ1n) is 8.48. The fourth-order valence-electron chi connectivity index (χ4n) is 3.04.